The van der Waals surface area contributed by atoms with E-state index in [2.05, 4.69) is 144 Å². The topological polar surface area (TPSA) is 9.86 Å². The van der Waals surface area contributed by atoms with E-state index in [1.807, 2.05) is 0 Å². The van der Waals surface area contributed by atoms with Crippen molar-refractivity contribution < 1.29 is 0 Å². The number of hydrogen-bond acceptors (Lipinski definition) is 0. The van der Waals surface area contributed by atoms with Crippen molar-refractivity contribution in [1.82, 2.24) is 9.13 Å². The molecule has 37 heavy (non-hydrogen) atoms. The fourth-order valence-corrected chi connectivity index (χ4v) is 6.79. The number of benzene rings is 5. The first-order chi connectivity index (χ1) is 18.2. The lowest BCUT2D eigenvalue weighted by Gasteiger charge is -2.24. The van der Waals surface area contributed by atoms with Gasteiger partial charge in [-0.25, -0.2) is 0 Å². The molecule has 7 aromatic rings. The van der Waals surface area contributed by atoms with Crippen LogP contribution < -0.4 is 0 Å². The quantitative estimate of drug-likeness (QED) is 0.236. The molecule has 5 aromatic carbocycles. The lowest BCUT2D eigenvalue weighted by Crippen LogP contribution is -2.18. The maximum absolute atomic E-state index is 2.53. The SMILES string of the molecule is CC1(C)c2c(ccc3c4ccccc4n(-c4ccccc4)c23)-n2c1c(-c1ccccc1)c1ccccc12. The Morgan fingerprint density at radius 3 is 1.84 bits per heavy atom. The van der Waals surface area contributed by atoms with Crippen LogP contribution in [0.2, 0.25) is 0 Å². The molecule has 0 fully saturated rings. The van der Waals surface area contributed by atoms with E-state index < -0.39 is 0 Å². The van der Waals surface area contributed by atoms with Gasteiger partial charge in [0.05, 0.1) is 22.2 Å². The molecule has 1 aliphatic rings. The van der Waals surface area contributed by atoms with E-state index in [9.17, 15) is 0 Å². The summed E-state index contributed by atoms with van der Waals surface area (Å²) >= 11 is 0. The first-order valence-electron chi connectivity index (χ1n) is 13.0. The highest BCUT2D eigenvalue weighted by Gasteiger charge is 2.42. The van der Waals surface area contributed by atoms with Crippen LogP contribution in [0.15, 0.2) is 121 Å². The molecule has 0 saturated carbocycles. The van der Waals surface area contributed by atoms with Gasteiger partial charge in [-0.15, -0.1) is 0 Å². The van der Waals surface area contributed by atoms with Gasteiger partial charge in [-0.2, -0.15) is 0 Å². The highest BCUT2D eigenvalue weighted by molar-refractivity contribution is 6.13. The molecule has 0 aliphatic carbocycles. The van der Waals surface area contributed by atoms with Gasteiger partial charge in [0.15, 0.2) is 0 Å². The molecule has 0 spiro atoms. The fraction of sp³-hybridized carbons (Fsp3) is 0.0857. The van der Waals surface area contributed by atoms with Gasteiger partial charge in [0.2, 0.25) is 0 Å². The largest absolute Gasteiger partial charge is 0.312 e. The Balaban J connectivity index is 1.58. The first-order valence-corrected chi connectivity index (χ1v) is 13.0. The molecule has 0 radical (unpaired) electrons. The third-order valence-corrected chi connectivity index (χ3v) is 8.22. The standard InChI is InChI=1S/C35H26N2/c1-35(2)32-30(37-29-20-12-10-18-27(29)31(34(35)37)23-13-5-3-6-14-23)22-21-26-25-17-9-11-19-28(25)36(33(26)32)24-15-7-4-8-16-24/h3-22H,1-2H3. The molecular formula is C35H26N2. The summed E-state index contributed by atoms with van der Waals surface area (Å²) in [5.41, 5.74) is 11.5. The maximum atomic E-state index is 2.53. The first kappa shape index (κ1) is 20.6. The van der Waals surface area contributed by atoms with Gasteiger partial charge in [0.1, 0.15) is 0 Å². The second-order valence-corrected chi connectivity index (χ2v) is 10.6. The van der Waals surface area contributed by atoms with Crippen LogP contribution in [0.25, 0.3) is 55.2 Å². The van der Waals surface area contributed by atoms with E-state index in [1.165, 1.54) is 66.5 Å². The van der Waals surface area contributed by atoms with Crippen LogP contribution in [0.5, 0.6) is 0 Å². The summed E-state index contributed by atoms with van der Waals surface area (Å²) in [6, 6.07) is 44.1. The normalized spacial score (nSPS) is 13.9. The van der Waals surface area contributed by atoms with Gasteiger partial charge in [-0.1, -0.05) is 105 Å². The average Bonchev–Trinajstić information content (AvgIpc) is 3.54. The maximum Gasteiger partial charge on any atom is 0.0603 e. The summed E-state index contributed by atoms with van der Waals surface area (Å²) < 4.78 is 5.00. The Hall–Kier alpha value is -4.56. The van der Waals surface area contributed by atoms with Gasteiger partial charge in [0.25, 0.3) is 0 Å². The van der Waals surface area contributed by atoms with Crippen molar-refractivity contribution in [1.29, 1.82) is 0 Å². The Morgan fingerprint density at radius 1 is 0.514 bits per heavy atom. The number of para-hydroxylation sites is 3. The van der Waals surface area contributed by atoms with Crippen LogP contribution in [0, 0.1) is 0 Å². The number of hydrogen-bond donors (Lipinski definition) is 0. The summed E-state index contributed by atoms with van der Waals surface area (Å²) in [5, 5.41) is 3.92. The highest BCUT2D eigenvalue weighted by Crippen LogP contribution is 2.54. The zero-order chi connectivity index (χ0) is 24.7. The number of aromatic nitrogens is 2. The Kier molecular flexibility index (Phi) is 4.03. The molecule has 0 bridgehead atoms. The molecule has 1 aliphatic heterocycles. The van der Waals surface area contributed by atoms with Gasteiger partial charge < -0.3 is 9.13 Å². The minimum absolute atomic E-state index is 0.208. The molecule has 0 atom stereocenters. The van der Waals surface area contributed by atoms with E-state index in [4.69, 9.17) is 0 Å². The molecular weight excluding hydrogens is 448 g/mol. The number of fused-ring (bicyclic) bond motifs is 9. The molecule has 8 rings (SSSR count). The highest BCUT2D eigenvalue weighted by atomic mass is 15.1. The van der Waals surface area contributed by atoms with E-state index >= 15 is 0 Å². The molecule has 0 unspecified atom stereocenters. The van der Waals surface area contributed by atoms with Crippen molar-refractivity contribution in [3.05, 3.63) is 133 Å². The zero-order valence-corrected chi connectivity index (χ0v) is 20.9. The lowest BCUT2D eigenvalue weighted by atomic mass is 9.79. The summed E-state index contributed by atoms with van der Waals surface area (Å²) in [7, 11) is 0. The monoisotopic (exact) mass is 474 g/mol. The van der Waals surface area contributed by atoms with Crippen molar-refractivity contribution in [2.45, 2.75) is 19.3 Å². The predicted octanol–water partition coefficient (Wildman–Crippen LogP) is 9.03. The second kappa shape index (κ2) is 7.24. The van der Waals surface area contributed by atoms with Crippen LogP contribution in [0.1, 0.15) is 25.1 Å². The summed E-state index contributed by atoms with van der Waals surface area (Å²) in [5.74, 6) is 0. The van der Waals surface area contributed by atoms with Crippen LogP contribution in [-0.2, 0) is 5.41 Å². The van der Waals surface area contributed by atoms with Crippen molar-refractivity contribution in [2.24, 2.45) is 0 Å². The predicted molar refractivity (Wildman–Crippen MR) is 155 cm³/mol. The molecule has 2 nitrogen and oxygen atoms in total. The van der Waals surface area contributed by atoms with Crippen LogP contribution in [0.4, 0.5) is 0 Å². The second-order valence-electron chi connectivity index (χ2n) is 10.6. The van der Waals surface area contributed by atoms with Crippen molar-refractivity contribution in [2.75, 3.05) is 0 Å². The van der Waals surface area contributed by atoms with E-state index in [-0.39, 0.29) is 5.41 Å². The Labute approximate surface area is 216 Å². The molecule has 3 heterocycles. The Morgan fingerprint density at radius 2 is 1.11 bits per heavy atom. The van der Waals surface area contributed by atoms with Crippen LogP contribution in [-0.4, -0.2) is 9.13 Å². The van der Waals surface area contributed by atoms with Gasteiger partial charge in [0, 0.05) is 44.1 Å². The van der Waals surface area contributed by atoms with Crippen LogP contribution in [0.3, 0.4) is 0 Å². The average molecular weight is 475 g/mol. The summed E-state index contributed by atoms with van der Waals surface area (Å²) in [4.78, 5) is 0. The molecule has 0 N–H and O–H groups in total. The molecule has 0 amide bonds. The van der Waals surface area contributed by atoms with E-state index in [1.54, 1.807) is 0 Å². The minimum atomic E-state index is -0.208. The van der Waals surface area contributed by atoms with Gasteiger partial charge in [-0.05, 0) is 35.9 Å². The molecule has 2 aromatic heterocycles. The number of rotatable bonds is 2. The van der Waals surface area contributed by atoms with Gasteiger partial charge in [-0.3, -0.25) is 0 Å². The van der Waals surface area contributed by atoms with Crippen molar-refractivity contribution in [3.63, 3.8) is 0 Å². The van der Waals surface area contributed by atoms with Crippen LogP contribution >= 0.6 is 0 Å². The summed E-state index contributed by atoms with van der Waals surface area (Å²) in [6.45, 7) is 4.81. The number of nitrogens with zero attached hydrogens (tertiary/aromatic N) is 2. The van der Waals surface area contributed by atoms with Crippen molar-refractivity contribution >= 4 is 32.7 Å². The minimum Gasteiger partial charge on any atom is -0.312 e. The lowest BCUT2D eigenvalue weighted by molar-refractivity contribution is 0.649. The third kappa shape index (κ3) is 2.60. The van der Waals surface area contributed by atoms with E-state index in [0.717, 1.165) is 0 Å². The smallest absolute Gasteiger partial charge is 0.0603 e. The van der Waals surface area contributed by atoms with Crippen molar-refractivity contribution in [3.8, 4) is 22.5 Å². The van der Waals surface area contributed by atoms with E-state index in [0.29, 0.717) is 0 Å². The van der Waals surface area contributed by atoms with Gasteiger partial charge >= 0.3 is 0 Å². The molecule has 0 saturated heterocycles. The third-order valence-electron chi connectivity index (χ3n) is 8.22. The molecule has 176 valence electrons. The Bertz CT molecular complexity index is 1990. The fourth-order valence-electron chi connectivity index (χ4n) is 6.79. The zero-order valence-electron chi connectivity index (χ0n) is 20.9. The summed E-state index contributed by atoms with van der Waals surface area (Å²) in [6.07, 6.45) is 0. The molecule has 2 heteroatoms.